The van der Waals surface area contributed by atoms with E-state index < -0.39 is 0 Å². The summed E-state index contributed by atoms with van der Waals surface area (Å²) < 4.78 is 15.2. The zero-order chi connectivity index (χ0) is 13.0. The topological polar surface area (TPSA) is 30.7 Å². The van der Waals surface area contributed by atoms with Crippen LogP contribution in [0.15, 0.2) is 24.4 Å². The summed E-state index contributed by atoms with van der Waals surface area (Å²) in [6, 6.07) is 4.62. The van der Waals surface area contributed by atoms with E-state index in [2.05, 4.69) is 10.3 Å². The molecule has 2 rings (SSSR count). The van der Waals surface area contributed by atoms with Crippen LogP contribution < -0.4 is 0 Å². The molecule has 0 saturated carbocycles. The molecular formula is C12H12Cl2FN3. The minimum absolute atomic E-state index is 0.277. The maximum absolute atomic E-state index is 13.6. The van der Waals surface area contributed by atoms with Gasteiger partial charge in [0.25, 0.3) is 0 Å². The lowest BCUT2D eigenvalue weighted by molar-refractivity contribution is 0.577. The van der Waals surface area contributed by atoms with Crippen molar-refractivity contribution in [1.82, 2.24) is 15.0 Å². The SMILES string of the molecule is Fc1cccc(Cl)c1Cn1cc(CCCCl)nn1. The molecule has 3 nitrogen and oxygen atoms in total. The largest absolute Gasteiger partial charge is 0.248 e. The normalized spacial score (nSPS) is 10.8. The van der Waals surface area contributed by atoms with E-state index in [1.807, 2.05) is 0 Å². The first-order valence-electron chi connectivity index (χ1n) is 5.58. The standard InChI is InChI=1S/C12H12Cl2FN3/c13-6-2-3-9-7-18(17-16-9)8-10-11(14)4-1-5-12(10)15/h1,4-5,7H,2-3,6,8H2. The Balaban J connectivity index is 2.11. The highest BCUT2D eigenvalue weighted by molar-refractivity contribution is 6.31. The Morgan fingerprint density at radius 2 is 2.17 bits per heavy atom. The van der Waals surface area contributed by atoms with Gasteiger partial charge < -0.3 is 0 Å². The molecule has 0 unspecified atom stereocenters. The fourth-order valence-electron chi connectivity index (χ4n) is 1.62. The number of alkyl halides is 1. The van der Waals surface area contributed by atoms with Crippen LogP contribution in [-0.4, -0.2) is 20.9 Å². The fraction of sp³-hybridized carbons (Fsp3) is 0.333. The summed E-state index contributed by atoms with van der Waals surface area (Å²) in [6.45, 7) is 0.277. The third kappa shape index (κ3) is 3.21. The van der Waals surface area contributed by atoms with Crippen LogP contribution in [0.4, 0.5) is 4.39 Å². The minimum atomic E-state index is -0.333. The van der Waals surface area contributed by atoms with E-state index in [9.17, 15) is 4.39 Å². The van der Waals surface area contributed by atoms with Crippen molar-refractivity contribution in [2.45, 2.75) is 19.4 Å². The quantitative estimate of drug-likeness (QED) is 0.790. The number of benzene rings is 1. The van der Waals surface area contributed by atoms with Gasteiger partial charge in [0, 0.05) is 22.7 Å². The van der Waals surface area contributed by atoms with Crippen molar-refractivity contribution in [3.05, 3.63) is 46.5 Å². The van der Waals surface area contributed by atoms with Crippen molar-refractivity contribution in [3.8, 4) is 0 Å². The van der Waals surface area contributed by atoms with E-state index >= 15 is 0 Å². The zero-order valence-electron chi connectivity index (χ0n) is 9.61. The van der Waals surface area contributed by atoms with E-state index in [4.69, 9.17) is 23.2 Å². The molecule has 0 aliphatic heterocycles. The molecule has 0 spiro atoms. The third-order valence-corrected chi connectivity index (χ3v) is 3.16. The van der Waals surface area contributed by atoms with E-state index in [0.717, 1.165) is 18.5 Å². The maximum atomic E-state index is 13.6. The molecular weight excluding hydrogens is 276 g/mol. The molecule has 0 aliphatic rings. The van der Waals surface area contributed by atoms with Crippen molar-refractivity contribution in [2.75, 3.05) is 5.88 Å². The first-order chi connectivity index (χ1) is 8.70. The number of halogens is 3. The molecule has 0 radical (unpaired) electrons. The summed E-state index contributed by atoms with van der Waals surface area (Å²) >= 11 is 11.6. The Morgan fingerprint density at radius 3 is 2.89 bits per heavy atom. The van der Waals surface area contributed by atoms with Gasteiger partial charge in [0.2, 0.25) is 0 Å². The van der Waals surface area contributed by atoms with Gasteiger partial charge in [-0.25, -0.2) is 9.07 Å². The number of nitrogens with zero attached hydrogens (tertiary/aromatic N) is 3. The lowest BCUT2D eigenvalue weighted by Gasteiger charge is -2.04. The average molecular weight is 288 g/mol. The van der Waals surface area contributed by atoms with Gasteiger partial charge in [-0.3, -0.25) is 0 Å². The van der Waals surface area contributed by atoms with Crippen LogP contribution in [0.5, 0.6) is 0 Å². The Bertz CT molecular complexity index is 508. The molecule has 1 aromatic heterocycles. The first-order valence-corrected chi connectivity index (χ1v) is 6.50. The number of hydrogen-bond acceptors (Lipinski definition) is 2. The Labute approximate surface area is 115 Å². The van der Waals surface area contributed by atoms with Crippen LogP contribution in [0, 0.1) is 5.82 Å². The summed E-state index contributed by atoms with van der Waals surface area (Å²) in [6.07, 6.45) is 3.41. The molecule has 0 saturated heterocycles. The second kappa shape index (κ2) is 6.16. The zero-order valence-corrected chi connectivity index (χ0v) is 11.1. The van der Waals surface area contributed by atoms with Crippen molar-refractivity contribution in [3.63, 3.8) is 0 Å². The molecule has 6 heteroatoms. The summed E-state index contributed by atoms with van der Waals surface area (Å²) in [5.41, 5.74) is 1.27. The van der Waals surface area contributed by atoms with Gasteiger partial charge in [-0.1, -0.05) is 22.9 Å². The highest BCUT2D eigenvalue weighted by Crippen LogP contribution is 2.19. The average Bonchev–Trinajstić information content (AvgIpc) is 2.79. The smallest absolute Gasteiger partial charge is 0.129 e. The predicted octanol–water partition coefficient (Wildman–Crippen LogP) is 3.29. The molecule has 96 valence electrons. The van der Waals surface area contributed by atoms with Crippen LogP contribution in [0.1, 0.15) is 17.7 Å². The summed E-state index contributed by atoms with van der Waals surface area (Å²) in [7, 11) is 0. The third-order valence-electron chi connectivity index (χ3n) is 2.53. The number of rotatable bonds is 5. The van der Waals surface area contributed by atoms with E-state index in [0.29, 0.717) is 16.5 Å². The molecule has 1 heterocycles. The minimum Gasteiger partial charge on any atom is -0.248 e. The van der Waals surface area contributed by atoms with Crippen LogP contribution in [0.25, 0.3) is 0 Å². The molecule has 0 atom stereocenters. The summed E-state index contributed by atoms with van der Waals surface area (Å²) in [5.74, 6) is 0.256. The lowest BCUT2D eigenvalue weighted by Crippen LogP contribution is -2.03. The fourth-order valence-corrected chi connectivity index (χ4v) is 1.98. The summed E-state index contributed by atoms with van der Waals surface area (Å²) in [5, 5.41) is 8.34. The monoisotopic (exact) mass is 287 g/mol. The molecule has 0 amide bonds. The number of aryl methyl sites for hydroxylation is 1. The molecule has 0 N–H and O–H groups in total. The van der Waals surface area contributed by atoms with Gasteiger partial charge in [-0.2, -0.15) is 0 Å². The summed E-state index contributed by atoms with van der Waals surface area (Å²) in [4.78, 5) is 0. The van der Waals surface area contributed by atoms with Crippen molar-refractivity contribution in [1.29, 1.82) is 0 Å². The van der Waals surface area contributed by atoms with Crippen molar-refractivity contribution in [2.24, 2.45) is 0 Å². The Kier molecular flexibility index (Phi) is 4.55. The number of hydrogen-bond donors (Lipinski definition) is 0. The number of aromatic nitrogens is 3. The predicted molar refractivity (Wildman–Crippen MR) is 69.6 cm³/mol. The van der Waals surface area contributed by atoms with Gasteiger partial charge >= 0.3 is 0 Å². The van der Waals surface area contributed by atoms with Gasteiger partial charge in [-0.05, 0) is 25.0 Å². The molecule has 1 aromatic carbocycles. The highest BCUT2D eigenvalue weighted by Gasteiger charge is 2.09. The van der Waals surface area contributed by atoms with Crippen molar-refractivity contribution >= 4 is 23.2 Å². The Morgan fingerprint density at radius 1 is 1.33 bits per heavy atom. The molecule has 0 bridgehead atoms. The first kappa shape index (κ1) is 13.3. The van der Waals surface area contributed by atoms with Crippen LogP contribution in [0.2, 0.25) is 5.02 Å². The van der Waals surface area contributed by atoms with Crippen LogP contribution in [0.3, 0.4) is 0 Å². The highest BCUT2D eigenvalue weighted by atomic mass is 35.5. The maximum Gasteiger partial charge on any atom is 0.129 e. The second-order valence-corrected chi connectivity index (χ2v) is 4.69. The van der Waals surface area contributed by atoms with Crippen LogP contribution >= 0.6 is 23.2 Å². The van der Waals surface area contributed by atoms with Crippen molar-refractivity contribution < 1.29 is 4.39 Å². The van der Waals surface area contributed by atoms with E-state index in [-0.39, 0.29) is 12.4 Å². The lowest BCUT2D eigenvalue weighted by atomic mass is 10.2. The van der Waals surface area contributed by atoms with E-state index in [1.54, 1.807) is 23.0 Å². The van der Waals surface area contributed by atoms with Gasteiger partial charge in [0.15, 0.2) is 0 Å². The molecule has 18 heavy (non-hydrogen) atoms. The van der Waals surface area contributed by atoms with Crippen LogP contribution in [-0.2, 0) is 13.0 Å². The van der Waals surface area contributed by atoms with Gasteiger partial charge in [-0.15, -0.1) is 16.7 Å². The van der Waals surface area contributed by atoms with Gasteiger partial charge in [0.1, 0.15) is 5.82 Å². The molecule has 2 aromatic rings. The second-order valence-electron chi connectivity index (χ2n) is 3.90. The van der Waals surface area contributed by atoms with E-state index in [1.165, 1.54) is 6.07 Å². The van der Waals surface area contributed by atoms with Gasteiger partial charge in [0.05, 0.1) is 12.2 Å². The Hall–Kier alpha value is -1.13. The molecule has 0 aliphatic carbocycles. The molecule has 0 fully saturated rings.